The number of rotatable bonds is 3. The van der Waals surface area contributed by atoms with E-state index < -0.39 is 0 Å². The topological polar surface area (TPSA) is 17.8 Å². The van der Waals surface area contributed by atoms with E-state index in [4.69, 9.17) is 4.98 Å². The number of hydrogen-bond donors (Lipinski definition) is 0. The Morgan fingerprint density at radius 2 is 0.956 bits per heavy atom. The molecular weight excluding hydrogens is 544 g/mol. The summed E-state index contributed by atoms with van der Waals surface area (Å²) in [5.74, 6) is 0.944. The lowest BCUT2D eigenvalue weighted by Crippen LogP contribution is -1.98. The first-order chi connectivity index (χ1) is 22.3. The zero-order chi connectivity index (χ0) is 29.5. The number of benzene rings is 9. The smallest absolute Gasteiger partial charge is 0.145 e. The molecule has 0 aliphatic rings. The first-order valence-corrected chi connectivity index (χ1v) is 15.5. The lowest BCUT2D eigenvalue weighted by atomic mass is 9.90. The molecule has 0 amide bonds. The molecule has 2 heteroatoms. The molecule has 0 aliphatic carbocycles. The van der Waals surface area contributed by atoms with Crippen LogP contribution in [-0.2, 0) is 0 Å². The van der Waals surface area contributed by atoms with E-state index in [0.29, 0.717) is 0 Å². The molecule has 0 aliphatic heterocycles. The summed E-state index contributed by atoms with van der Waals surface area (Å²) in [5.41, 5.74) is 6.81. The van der Waals surface area contributed by atoms with Crippen LogP contribution in [0, 0.1) is 0 Å². The van der Waals surface area contributed by atoms with Crippen LogP contribution in [0.5, 0.6) is 0 Å². The van der Waals surface area contributed by atoms with Gasteiger partial charge in [-0.15, -0.1) is 0 Å². The third-order valence-electron chi connectivity index (χ3n) is 9.53. The minimum Gasteiger partial charge on any atom is -0.292 e. The predicted octanol–water partition coefficient (Wildman–Crippen LogP) is 11.6. The fourth-order valence-corrected chi connectivity index (χ4v) is 7.51. The molecule has 0 spiro atoms. The minimum absolute atomic E-state index is 0.944. The second kappa shape index (κ2) is 9.25. The van der Waals surface area contributed by atoms with Crippen LogP contribution in [0.15, 0.2) is 158 Å². The normalized spacial score (nSPS) is 12.0. The molecule has 0 saturated heterocycles. The summed E-state index contributed by atoms with van der Waals surface area (Å²) in [4.78, 5) is 5.41. The maximum absolute atomic E-state index is 5.41. The van der Waals surface area contributed by atoms with Crippen LogP contribution in [0.3, 0.4) is 0 Å². The summed E-state index contributed by atoms with van der Waals surface area (Å²) < 4.78 is 2.34. The monoisotopic (exact) mass is 570 g/mol. The van der Waals surface area contributed by atoms with Gasteiger partial charge in [0.25, 0.3) is 0 Å². The van der Waals surface area contributed by atoms with Crippen LogP contribution in [0.4, 0.5) is 0 Å². The molecule has 208 valence electrons. The second-order valence-electron chi connectivity index (χ2n) is 11.9. The zero-order valence-corrected chi connectivity index (χ0v) is 24.4. The average Bonchev–Trinajstić information content (AvgIpc) is 3.52. The summed E-state index contributed by atoms with van der Waals surface area (Å²) in [5, 5.41) is 12.7. The van der Waals surface area contributed by atoms with Crippen molar-refractivity contribution >= 4 is 64.9 Å². The van der Waals surface area contributed by atoms with Crippen molar-refractivity contribution < 1.29 is 0 Å². The molecule has 10 rings (SSSR count). The number of hydrogen-bond acceptors (Lipinski definition) is 1. The van der Waals surface area contributed by atoms with Crippen LogP contribution in [0.25, 0.3) is 93.1 Å². The van der Waals surface area contributed by atoms with E-state index in [1.54, 1.807) is 0 Å². The van der Waals surface area contributed by atoms with Crippen molar-refractivity contribution in [2.75, 3.05) is 0 Å². The SMILES string of the molecule is c1ccc(-n2c(-c3ccc(-c4ccc5ccc6cccc7ccc4c5c67)cc3)nc3c4ccccc4c4ccccc4c32)cc1. The Morgan fingerprint density at radius 3 is 1.71 bits per heavy atom. The molecule has 0 unspecified atom stereocenters. The molecule has 1 aromatic heterocycles. The van der Waals surface area contributed by atoms with Crippen LogP contribution in [0.2, 0.25) is 0 Å². The van der Waals surface area contributed by atoms with Gasteiger partial charge in [-0.2, -0.15) is 0 Å². The molecule has 2 nitrogen and oxygen atoms in total. The van der Waals surface area contributed by atoms with Crippen molar-refractivity contribution in [3.63, 3.8) is 0 Å². The largest absolute Gasteiger partial charge is 0.292 e. The molecule has 45 heavy (non-hydrogen) atoms. The molecule has 0 N–H and O–H groups in total. The fraction of sp³-hybridized carbons (Fsp3) is 0. The van der Waals surface area contributed by atoms with E-state index in [1.165, 1.54) is 65.0 Å². The third kappa shape index (κ3) is 3.48. The van der Waals surface area contributed by atoms with Gasteiger partial charge in [0.2, 0.25) is 0 Å². The average molecular weight is 571 g/mol. The highest BCUT2D eigenvalue weighted by atomic mass is 15.1. The molecule has 9 aromatic carbocycles. The van der Waals surface area contributed by atoms with Crippen molar-refractivity contribution in [1.29, 1.82) is 0 Å². The number of imidazole rings is 1. The maximum Gasteiger partial charge on any atom is 0.145 e. The minimum atomic E-state index is 0.944. The van der Waals surface area contributed by atoms with Gasteiger partial charge in [0.1, 0.15) is 5.82 Å². The molecule has 0 atom stereocenters. The van der Waals surface area contributed by atoms with Gasteiger partial charge in [-0.25, -0.2) is 4.98 Å². The number of para-hydroxylation sites is 1. The Kier molecular flexibility index (Phi) is 5.03. The number of aromatic nitrogens is 2. The van der Waals surface area contributed by atoms with Crippen molar-refractivity contribution in [2.24, 2.45) is 0 Å². The van der Waals surface area contributed by atoms with E-state index in [0.717, 1.165) is 28.1 Å². The van der Waals surface area contributed by atoms with Crippen molar-refractivity contribution in [2.45, 2.75) is 0 Å². The second-order valence-corrected chi connectivity index (χ2v) is 11.9. The molecule has 0 bridgehead atoms. The van der Waals surface area contributed by atoms with Crippen molar-refractivity contribution in [3.05, 3.63) is 158 Å². The van der Waals surface area contributed by atoms with Gasteiger partial charge >= 0.3 is 0 Å². The third-order valence-corrected chi connectivity index (χ3v) is 9.53. The summed E-state index contributed by atoms with van der Waals surface area (Å²) in [6.45, 7) is 0. The van der Waals surface area contributed by atoms with E-state index in [1.807, 2.05) is 0 Å². The van der Waals surface area contributed by atoms with Gasteiger partial charge < -0.3 is 0 Å². The molecule has 0 saturated carbocycles. The summed E-state index contributed by atoms with van der Waals surface area (Å²) in [6, 6.07) is 57.1. The quantitative estimate of drug-likeness (QED) is 0.193. The Hall–Kier alpha value is -5.99. The van der Waals surface area contributed by atoms with Gasteiger partial charge in [0.05, 0.1) is 11.0 Å². The first-order valence-electron chi connectivity index (χ1n) is 15.5. The Labute approximate surface area is 259 Å². The van der Waals surface area contributed by atoms with E-state index >= 15 is 0 Å². The van der Waals surface area contributed by atoms with Gasteiger partial charge in [-0.1, -0.05) is 146 Å². The Morgan fingerprint density at radius 1 is 0.378 bits per heavy atom. The van der Waals surface area contributed by atoms with Crippen molar-refractivity contribution in [1.82, 2.24) is 9.55 Å². The molecule has 1 heterocycles. The standard InChI is InChI=1S/C43H26N2/c1-2-11-32(12-3-1)45-42-38-16-7-5-14-35(38)34-13-4-6-15-37(34)41(42)44-43(45)31-21-17-27(18-22-31)33-25-23-30-20-19-28-9-8-10-29-24-26-36(33)40(30)39(28)29/h1-26H. The lowest BCUT2D eigenvalue weighted by Gasteiger charge is -2.15. The molecular formula is C43H26N2. The van der Waals surface area contributed by atoms with E-state index in [-0.39, 0.29) is 0 Å². The van der Waals surface area contributed by atoms with Gasteiger partial charge in [0.15, 0.2) is 0 Å². The van der Waals surface area contributed by atoms with Crippen LogP contribution in [-0.4, -0.2) is 9.55 Å². The highest BCUT2D eigenvalue weighted by molar-refractivity contribution is 6.26. The lowest BCUT2D eigenvalue weighted by molar-refractivity contribution is 1.11. The van der Waals surface area contributed by atoms with E-state index in [2.05, 4.69) is 162 Å². The molecule has 10 aromatic rings. The zero-order valence-electron chi connectivity index (χ0n) is 24.4. The Bertz CT molecular complexity index is 2720. The van der Waals surface area contributed by atoms with Crippen molar-refractivity contribution in [3.8, 4) is 28.2 Å². The highest BCUT2D eigenvalue weighted by Crippen LogP contribution is 2.41. The first kappa shape index (κ1) is 24.5. The predicted molar refractivity (Wildman–Crippen MR) is 191 cm³/mol. The number of nitrogens with zero attached hydrogens (tertiary/aromatic N) is 2. The van der Waals surface area contributed by atoms with Crippen LogP contribution in [0.1, 0.15) is 0 Å². The molecule has 0 fully saturated rings. The van der Waals surface area contributed by atoms with Crippen LogP contribution >= 0.6 is 0 Å². The maximum atomic E-state index is 5.41. The Balaban J connectivity index is 1.22. The summed E-state index contributed by atoms with van der Waals surface area (Å²) in [6.07, 6.45) is 0. The van der Waals surface area contributed by atoms with Crippen LogP contribution < -0.4 is 0 Å². The fourth-order valence-electron chi connectivity index (χ4n) is 7.51. The van der Waals surface area contributed by atoms with Gasteiger partial charge in [0, 0.05) is 22.0 Å². The van der Waals surface area contributed by atoms with Gasteiger partial charge in [-0.3, -0.25) is 4.57 Å². The summed E-state index contributed by atoms with van der Waals surface area (Å²) in [7, 11) is 0. The molecule has 0 radical (unpaired) electrons. The highest BCUT2D eigenvalue weighted by Gasteiger charge is 2.20. The number of fused-ring (bicyclic) bond motifs is 6. The van der Waals surface area contributed by atoms with E-state index in [9.17, 15) is 0 Å². The summed E-state index contributed by atoms with van der Waals surface area (Å²) >= 11 is 0. The van der Waals surface area contributed by atoms with Gasteiger partial charge in [-0.05, 0) is 66.3 Å².